The maximum atomic E-state index is 13.6. The lowest BCUT2D eigenvalue weighted by Gasteiger charge is -2.27. The van der Waals surface area contributed by atoms with Gasteiger partial charge in [-0.2, -0.15) is 30.7 Å². The number of morpholine rings is 1. The quantitative estimate of drug-likeness (QED) is 0.238. The van der Waals surface area contributed by atoms with E-state index in [1.807, 2.05) is 0 Å². The van der Waals surface area contributed by atoms with Crippen LogP contribution in [0.4, 0.5) is 36.4 Å². The molecule has 0 spiro atoms. The Kier molecular flexibility index (Phi) is 7.35. The van der Waals surface area contributed by atoms with E-state index in [1.54, 1.807) is 0 Å². The van der Waals surface area contributed by atoms with E-state index in [4.69, 9.17) is 4.74 Å². The van der Waals surface area contributed by atoms with Gasteiger partial charge >= 0.3 is 17.4 Å². The van der Waals surface area contributed by atoms with Gasteiger partial charge in [0, 0.05) is 24.1 Å². The number of nitrogens with zero attached hydrogens (tertiary/aromatic N) is 2. The minimum Gasteiger partial charge on any atom is -0.378 e. The summed E-state index contributed by atoms with van der Waals surface area (Å²) in [6, 6.07) is 0.922. The molecule has 17 heteroatoms. The number of alkyl halides is 7. The summed E-state index contributed by atoms with van der Waals surface area (Å²) in [6.45, 7) is 0.395. The fourth-order valence-corrected chi connectivity index (χ4v) is 4.73. The van der Waals surface area contributed by atoms with E-state index in [0.717, 1.165) is 4.90 Å². The van der Waals surface area contributed by atoms with Crippen LogP contribution in [0.5, 0.6) is 0 Å². The number of hydrogen-bond donors (Lipinski definition) is 0. The largest absolute Gasteiger partial charge is 0.460 e. The molecule has 1 aliphatic rings. The van der Waals surface area contributed by atoms with E-state index in [2.05, 4.69) is 0 Å². The van der Waals surface area contributed by atoms with Gasteiger partial charge in [-0.1, -0.05) is 0 Å². The Morgan fingerprint density at radius 1 is 1.12 bits per heavy atom. The lowest BCUT2D eigenvalue weighted by atomic mass is 10.3. The van der Waals surface area contributed by atoms with Gasteiger partial charge in [-0.25, -0.2) is 8.42 Å². The first-order chi connectivity index (χ1) is 14.5. The molecule has 1 amide bonds. The number of benzene rings is 1. The van der Waals surface area contributed by atoms with Crippen molar-refractivity contribution in [2.45, 2.75) is 27.1 Å². The van der Waals surface area contributed by atoms with Crippen LogP contribution in [0.15, 0.2) is 28.0 Å². The highest BCUT2D eigenvalue weighted by Gasteiger charge is 2.73. The third kappa shape index (κ3) is 5.43. The third-order valence-corrected chi connectivity index (χ3v) is 6.75. The molecule has 0 saturated carbocycles. The highest BCUT2D eigenvalue weighted by atomic mass is 32.2. The molecule has 1 fully saturated rings. The van der Waals surface area contributed by atoms with Gasteiger partial charge in [-0.3, -0.25) is 14.9 Å². The standard InChI is InChI=1S/C15H13F7N2O6S2/c16-13(17,14(18,19)20)15(21,22)31-9-1-2-11(10(7-9)24(26)27)32(28,29)8-12(25)23-3-5-30-6-4-23/h1-2,7H,3-6,8H2. The first-order valence-electron chi connectivity index (χ1n) is 8.38. The van der Waals surface area contributed by atoms with E-state index in [9.17, 15) is 54.1 Å². The van der Waals surface area contributed by atoms with Crippen LogP contribution in [0.25, 0.3) is 0 Å². The van der Waals surface area contributed by atoms with Crippen LogP contribution >= 0.6 is 11.8 Å². The molecule has 8 nitrogen and oxygen atoms in total. The zero-order valence-electron chi connectivity index (χ0n) is 15.6. The second-order valence-electron chi connectivity index (χ2n) is 6.33. The van der Waals surface area contributed by atoms with Crippen LogP contribution in [0.1, 0.15) is 0 Å². The molecule has 1 heterocycles. The molecule has 32 heavy (non-hydrogen) atoms. The molecular weight excluding hydrogens is 501 g/mol. The number of carbonyl (C=O) groups excluding carboxylic acids is 1. The Morgan fingerprint density at radius 3 is 2.19 bits per heavy atom. The summed E-state index contributed by atoms with van der Waals surface area (Å²) >= 11 is -1.32. The second kappa shape index (κ2) is 9.01. The summed E-state index contributed by atoms with van der Waals surface area (Å²) in [7, 11) is -4.70. The summed E-state index contributed by atoms with van der Waals surface area (Å²) in [5, 5.41) is 5.48. The molecule has 0 radical (unpaired) electrons. The maximum absolute atomic E-state index is 13.6. The van der Waals surface area contributed by atoms with E-state index in [1.165, 1.54) is 0 Å². The SMILES string of the molecule is O=C(CS(=O)(=O)c1ccc(SC(F)(F)C(F)(F)C(F)(F)F)cc1[N+](=O)[O-])N1CCOCC1. The van der Waals surface area contributed by atoms with Gasteiger partial charge in [0.05, 0.1) is 18.1 Å². The Labute approximate surface area is 179 Å². The third-order valence-electron chi connectivity index (χ3n) is 4.11. The Hall–Kier alpha value is -2.14. The van der Waals surface area contributed by atoms with Gasteiger partial charge in [-0.15, -0.1) is 0 Å². The fraction of sp³-hybridized carbons (Fsp3) is 0.533. The molecule has 2 rings (SSSR count). The Bertz CT molecular complexity index is 994. The smallest absolute Gasteiger partial charge is 0.378 e. The normalized spacial score (nSPS) is 16.2. The zero-order valence-corrected chi connectivity index (χ0v) is 17.2. The molecule has 0 aromatic heterocycles. The molecule has 0 unspecified atom stereocenters. The Morgan fingerprint density at radius 2 is 1.69 bits per heavy atom. The van der Waals surface area contributed by atoms with Gasteiger partial charge in [-0.05, 0) is 23.9 Å². The number of nitro benzene ring substituents is 1. The number of halogens is 7. The number of hydrogen-bond acceptors (Lipinski definition) is 7. The summed E-state index contributed by atoms with van der Waals surface area (Å²) in [4.78, 5) is 21.0. The van der Waals surface area contributed by atoms with Crippen molar-refractivity contribution >= 4 is 33.2 Å². The van der Waals surface area contributed by atoms with E-state index < -0.39 is 71.0 Å². The van der Waals surface area contributed by atoms with Crippen molar-refractivity contribution in [3.05, 3.63) is 28.3 Å². The van der Waals surface area contributed by atoms with Crippen molar-refractivity contribution in [2.75, 3.05) is 32.1 Å². The number of rotatable bonds is 7. The summed E-state index contributed by atoms with van der Waals surface area (Å²) < 4.78 is 120. The molecule has 1 saturated heterocycles. The summed E-state index contributed by atoms with van der Waals surface area (Å²) in [5.41, 5.74) is -1.36. The zero-order chi connectivity index (χ0) is 24.5. The van der Waals surface area contributed by atoms with Gasteiger partial charge < -0.3 is 9.64 Å². The van der Waals surface area contributed by atoms with E-state index in [0.29, 0.717) is 12.1 Å². The van der Waals surface area contributed by atoms with Crippen molar-refractivity contribution in [3.8, 4) is 0 Å². The van der Waals surface area contributed by atoms with Crippen LogP contribution < -0.4 is 0 Å². The molecular formula is C15H13F7N2O6S2. The van der Waals surface area contributed by atoms with Crippen LogP contribution in [0.2, 0.25) is 0 Å². The molecule has 0 aliphatic carbocycles. The summed E-state index contributed by atoms with van der Waals surface area (Å²) in [5.74, 6) is -8.62. The van der Waals surface area contributed by atoms with Crippen molar-refractivity contribution in [1.82, 2.24) is 4.90 Å². The average molecular weight is 514 g/mol. The van der Waals surface area contributed by atoms with Crippen LogP contribution in [0.3, 0.4) is 0 Å². The van der Waals surface area contributed by atoms with Crippen molar-refractivity contribution in [3.63, 3.8) is 0 Å². The first-order valence-corrected chi connectivity index (χ1v) is 10.8. The molecule has 1 aromatic carbocycles. The number of sulfone groups is 1. The molecule has 1 aromatic rings. The van der Waals surface area contributed by atoms with Crippen LogP contribution in [-0.4, -0.2) is 73.6 Å². The topological polar surface area (TPSA) is 107 Å². The Balaban J connectivity index is 2.35. The van der Waals surface area contributed by atoms with E-state index in [-0.39, 0.29) is 32.4 Å². The van der Waals surface area contributed by atoms with Gasteiger partial charge in [0.2, 0.25) is 5.91 Å². The lowest BCUT2D eigenvalue weighted by molar-refractivity contribution is -0.388. The molecule has 1 aliphatic heterocycles. The number of ether oxygens (including phenoxy) is 1. The van der Waals surface area contributed by atoms with Crippen LogP contribution in [-0.2, 0) is 19.4 Å². The number of amides is 1. The predicted octanol–water partition coefficient (Wildman–Crippen LogP) is 3.11. The minimum absolute atomic E-state index is 0.0640. The van der Waals surface area contributed by atoms with Crippen LogP contribution in [0, 0.1) is 10.1 Å². The second-order valence-corrected chi connectivity index (χ2v) is 9.48. The van der Waals surface area contributed by atoms with Gasteiger partial charge in [0.1, 0.15) is 10.6 Å². The molecule has 0 atom stereocenters. The highest BCUT2D eigenvalue weighted by Crippen LogP contribution is 2.54. The number of nitro groups is 1. The monoisotopic (exact) mass is 514 g/mol. The first kappa shape index (κ1) is 26.1. The summed E-state index contributed by atoms with van der Waals surface area (Å²) in [6.07, 6.45) is -6.61. The fourth-order valence-electron chi connectivity index (χ4n) is 2.49. The lowest BCUT2D eigenvalue weighted by Crippen LogP contribution is -2.49. The number of carbonyl (C=O) groups is 1. The van der Waals surface area contributed by atoms with Crippen molar-refractivity contribution in [1.29, 1.82) is 0 Å². The molecule has 0 bridgehead atoms. The predicted molar refractivity (Wildman–Crippen MR) is 94.4 cm³/mol. The maximum Gasteiger partial charge on any atom is 0.460 e. The average Bonchev–Trinajstić information content (AvgIpc) is 2.66. The molecule has 180 valence electrons. The minimum atomic E-state index is -6.61. The highest BCUT2D eigenvalue weighted by molar-refractivity contribution is 8.00. The van der Waals surface area contributed by atoms with Crippen molar-refractivity contribution < 1.29 is 53.6 Å². The number of thioether (sulfide) groups is 1. The van der Waals surface area contributed by atoms with E-state index >= 15 is 0 Å². The van der Waals surface area contributed by atoms with Gasteiger partial charge in [0.25, 0.3) is 5.69 Å². The molecule has 0 N–H and O–H groups in total. The van der Waals surface area contributed by atoms with Gasteiger partial charge in [0.15, 0.2) is 9.84 Å². The van der Waals surface area contributed by atoms with Crippen molar-refractivity contribution in [2.24, 2.45) is 0 Å².